The molecule has 0 radical (unpaired) electrons. The maximum atomic E-state index is 13.6. The van der Waals surface area contributed by atoms with Gasteiger partial charge in [-0.1, -0.05) is 12.1 Å². The van der Waals surface area contributed by atoms with Crippen LogP contribution in [0.15, 0.2) is 18.2 Å². The van der Waals surface area contributed by atoms with E-state index >= 15 is 0 Å². The van der Waals surface area contributed by atoms with Gasteiger partial charge >= 0.3 is 0 Å². The molecule has 102 valence electrons. The maximum Gasteiger partial charge on any atom is 0.164 e. The van der Waals surface area contributed by atoms with Gasteiger partial charge in [-0.2, -0.15) is 0 Å². The van der Waals surface area contributed by atoms with E-state index < -0.39 is 22.8 Å². The van der Waals surface area contributed by atoms with E-state index in [1.165, 1.54) is 19.1 Å². The molecule has 1 aromatic rings. The lowest BCUT2D eigenvalue weighted by Gasteiger charge is -2.30. The smallest absolute Gasteiger partial charge is 0.164 e. The molecule has 0 aromatic heterocycles. The van der Waals surface area contributed by atoms with E-state index in [-0.39, 0.29) is 12.0 Å². The second-order valence-corrected chi connectivity index (χ2v) is 5.34. The lowest BCUT2D eigenvalue weighted by Crippen LogP contribution is -2.29. The van der Waals surface area contributed by atoms with Crippen LogP contribution in [-0.2, 0) is 10.3 Å². The molecule has 18 heavy (non-hydrogen) atoms. The van der Waals surface area contributed by atoms with Crippen LogP contribution >= 0.6 is 0 Å². The van der Waals surface area contributed by atoms with Crippen molar-refractivity contribution in [2.45, 2.75) is 44.8 Å². The van der Waals surface area contributed by atoms with Gasteiger partial charge in [0.15, 0.2) is 11.6 Å². The molecule has 4 heteroatoms. The van der Waals surface area contributed by atoms with Crippen molar-refractivity contribution in [2.24, 2.45) is 0 Å². The topological polar surface area (TPSA) is 29.5 Å². The van der Waals surface area contributed by atoms with E-state index in [0.717, 1.165) is 6.07 Å². The summed E-state index contributed by atoms with van der Waals surface area (Å²) in [6.07, 6.45) is 0.820. The minimum Gasteiger partial charge on any atom is -0.385 e. The van der Waals surface area contributed by atoms with Crippen LogP contribution in [-0.4, -0.2) is 17.8 Å². The lowest BCUT2D eigenvalue weighted by atomic mass is 9.87. The van der Waals surface area contributed by atoms with Crippen molar-refractivity contribution in [1.29, 1.82) is 0 Å². The first-order valence-electron chi connectivity index (χ1n) is 5.92. The highest BCUT2D eigenvalue weighted by Gasteiger charge is 2.30. The highest BCUT2D eigenvalue weighted by Crippen LogP contribution is 2.32. The third-order valence-electron chi connectivity index (χ3n) is 3.30. The molecule has 0 saturated heterocycles. The van der Waals surface area contributed by atoms with Gasteiger partial charge in [-0.3, -0.25) is 0 Å². The molecule has 1 unspecified atom stereocenters. The molecule has 1 aromatic carbocycles. The van der Waals surface area contributed by atoms with Crippen molar-refractivity contribution in [3.05, 3.63) is 35.4 Å². The third kappa shape index (κ3) is 3.50. The summed E-state index contributed by atoms with van der Waals surface area (Å²) in [6.45, 7) is 5.24. The van der Waals surface area contributed by atoms with E-state index in [2.05, 4.69) is 0 Å². The van der Waals surface area contributed by atoms with Crippen molar-refractivity contribution < 1.29 is 18.6 Å². The van der Waals surface area contributed by atoms with Crippen LogP contribution in [0.3, 0.4) is 0 Å². The molecule has 1 atom stereocenters. The van der Waals surface area contributed by atoms with Crippen molar-refractivity contribution >= 4 is 0 Å². The SMILES string of the molecule is COC(C)(C)CCC(C)(O)c1cccc(F)c1F. The molecule has 0 aliphatic carbocycles. The molecule has 0 aliphatic rings. The Balaban J connectivity index is 2.89. The summed E-state index contributed by atoms with van der Waals surface area (Å²) in [6, 6.07) is 3.83. The number of hydrogen-bond donors (Lipinski definition) is 1. The molecule has 1 N–H and O–H groups in total. The fraction of sp³-hybridized carbons (Fsp3) is 0.571. The average molecular weight is 258 g/mol. The van der Waals surface area contributed by atoms with Gasteiger partial charge in [0.25, 0.3) is 0 Å². The zero-order chi connectivity index (χ0) is 14.0. The zero-order valence-electron chi connectivity index (χ0n) is 11.3. The van der Waals surface area contributed by atoms with Gasteiger partial charge in [0.1, 0.15) is 0 Å². The molecule has 1 rings (SSSR count). The minimum atomic E-state index is -1.41. The van der Waals surface area contributed by atoms with Gasteiger partial charge in [-0.05, 0) is 39.7 Å². The first-order chi connectivity index (χ1) is 8.19. The zero-order valence-corrected chi connectivity index (χ0v) is 11.3. The van der Waals surface area contributed by atoms with Crippen molar-refractivity contribution in [3.8, 4) is 0 Å². The van der Waals surface area contributed by atoms with Crippen LogP contribution in [0.5, 0.6) is 0 Å². The molecule has 0 amide bonds. The van der Waals surface area contributed by atoms with E-state index in [4.69, 9.17) is 4.74 Å². The number of rotatable bonds is 5. The summed E-state index contributed by atoms with van der Waals surface area (Å²) in [5.41, 5.74) is -1.84. The van der Waals surface area contributed by atoms with Crippen LogP contribution in [0.25, 0.3) is 0 Å². The second-order valence-electron chi connectivity index (χ2n) is 5.34. The number of halogens is 2. The largest absolute Gasteiger partial charge is 0.385 e. The molecule has 0 heterocycles. The maximum absolute atomic E-state index is 13.6. The Kier molecular flexibility index (Phi) is 4.46. The summed E-state index contributed by atoms with van der Waals surface area (Å²) in [5.74, 6) is -1.93. The van der Waals surface area contributed by atoms with Gasteiger partial charge < -0.3 is 9.84 Å². The highest BCUT2D eigenvalue weighted by atomic mass is 19.2. The Hall–Kier alpha value is -1.00. The minimum absolute atomic E-state index is 0.0191. The Morgan fingerprint density at radius 1 is 1.17 bits per heavy atom. The van der Waals surface area contributed by atoms with Gasteiger partial charge in [-0.25, -0.2) is 8.78 Å². The standard InChI is InChI=1S/C14H20F2O2/c1-13(2,18-4)8-9-14(3,17)10-6-5-7-11(15)12(10)16/h5-7,17H,8-9H2,1-4H3. The van der Waals surface area contributed by atoms with Crippen LogP contribution in [0.2, 0.25) is 0 Å². The van der Waals surface area contributed by atoms with Crippen LogP contribution in [0.1, 0.15) is 39.2 Å². The summed E-state index contributed by atoms with van der Waals surface area (Å²) in [4.78, 5) is 0. The second kappa shape index (κ2) is 5.33. The summed E-state index contributed by atoms with van der Waals surface area (Å²) in [7, 11) is 1.58. The van der Waals surface area contributed by atoms with Gasteiger partial charge in [0, 0.05) is 12.7 Å². The van der Waals surface area contributed by atoms with E-state index in [1.54, 1.807) is 7.11 Å². The number of hydrogen-bond acceptors (Lipinski definition) is 2. The number of benzene rings is 1. The van der Waals surface area contributed by atoms with E-state index in [9.17, 15) is 13.9 Å². The highest BCUT2D eigenvalue weighted by molar-refractivity contribution is 5.24. The first-order valence-corrected chi connectivity index (χ1v) is 5.92. The van der Waals surface area contributed by atoms with E-state index in [1.807, 2.05) is 13.8 Å². The molecular weight excluding hydrogens is 238 g/mol. The Morgan fingerprint density at radius 2 is 1.78 bits per heavy atom. The van der Waals surface area contributed by atoms with Gasteiger partial charge in [0.05, 0.1) is 11.2 Å². The molecular formula is C14H20F2O2. The quantitative estimate of drug-likeness (QED) is 0.877. The summed E-state index contributed by atoms with van der Waals surface area (Å²) >= 11 is 0. The fourth-order valence-corrected chi connectivity index (χ4v) is 1.70. The van der Waals surface area contributed by atoms with Gasteiger partial charge in [-0.15, -0.1) is 0 Å². The molecule has 2 nitrogen and oxygen atoms in total. The third-order valence-corrected chi connectivity index (χ3v) is 3.30. The predicted octanol–water partition coefficient (Wildman–Crippen LogP) is 3.38. The average Bonchev–Trinajstić information content (AvgIpc) is 2.30. The van der Waals surface area contributed by atoms with Crippen molar-refractivity contribution in [3.63, 3.8) is 0 Å². The van der Waals surface area contributed by atoms with Gasteiger partial charge in [0.2, 0.25) is 0 Å². The molecule has 0 spiro atoms. The molecule has 0 aliphatic heterocycles. The Bertz CT molecular complexity index is 414. The lowest BCUT2D eigenvalue weighted by molar-refractivity contribution is -0.0224. The molecule has 0 bridgehead atoms. The summed E-state index contributed by atoms with van der Waals surface area (Å²) < 4.78 is 32.0. The number of aliphatic hydroxyl groups is 1. The van der Waals surface area contributed by atoms with Crippen LogP contribution < -0.4 is 0 Å². The predicted molar refractivity (Wildman–Crippen MR) is 66.3 cm³/mol. The summed E-state index contributed by atoms with van der Waals surface area (Å²) in [5, 5.41) is 10.3. The monoisotopic (exact) mass is 258 g/mol. The van der Waals surface area contributed by atoms with Crippen molar-refractivity contribution in [1.82, 2.24) is 0 Å². The number of ether oxygens (including phenoxy) is 1. The molecule has 0 saturated carbocycles. The van der Waals surface area contributed by atoms with Crippen LogP contribution in [0, 0.1) is 11.6 Å². The Morgan fingerprint density at radius 3 is 2.33 bits per heavy atom. The Labute approximate surface area is 107 Å². The number of methoxy groups -OCH3 is 1. The fourth-order valence-electron chi connectivity index (χ4n) is 1.70. The van der Waals surface area contributed by atoms with E-state index in [0.29, 0.717) is 6.42 Å². The normalized spacial score (nSPS) is 15.5. The first kappa shape index (κ1) is 15.1. The van der Waals surface area contributed by atoms with Crippen LogP contribution in [0.4, 0.5) is 8.78 Å². The van der Waals surface area contributed by atoms with Crippen molar-refractivity contribution in [2.75, 3.05) is 7.11 Å². The molecule has 0 fully saturated rings.